The first-order valence-corrected chi connectivity index (χ1v) is 6.36. The fourth-order valence-electron chi connectivity index (χ4n) is 1.71. The Morgan fingerprint density at radius 2 is 1.80 bits per heavy atom. The highest BCUT2D eigenvalue weighted by molar-refractivity contribution is 7.80. The highest BCUT2D eigenvalue weighted by Gasteiger charge is 2.10. The molecule has 0 atom stereocenters. The van der Waals surface area contributed by atoms with Crippen LogP contribution in [0.3, 0.4) is 0 Å². The molecule has 0 unspecified atom stereocenters. The Labute approximate surface area is 122 Å². The molecule has 2 aromatic rings. The largest absolute Gasteiger partial charge is 0.497 e. The van der Waals surface area contributed by atoms with Crippen molar-refractivity contribution in [2.75, 3.05) is 7.11 Å². The third-order valence-corrected chi connectivity index (χ3v) is 3.02. The topological polar surface area (TPSA) is 44.5 Å². The first-order chi connectivity index (χ1) is 9.61. The summed E-state index contributed by atoms with van der Waals surface area (Å²) in [5, 5.41) is 0. The third-order valence-electron chi connectivity index (χ3n) is 2.80. The first kappa shape index (κ1) is 14.3. The number of thiocarbonyl (C=S) groups is 1. The van der Waals surface area contributed by atoms with Gasteiger partial charge in [-0.3, -0.25) is 0 Å². The van der Waals surface area contributed by atoms with Gasteiger partial charge in [0.05, 0.1) is 7.11 Å². The summed E-state index contributed by atoms with van der Waals surface area (Å²) < 4.78 is 24.7. The van der Waals surface area contributed by atoms with Crippen molar-refractivity contribution in [3.63, 3.8) is 0 Å². The fraction of sp³-hybridized carbons (Fsp3) is 0.133. The second-order valence-electron chi connectivity index (χ2n) is 4.11. The maximum Gasteiger partial charge on any atom is 0.139 e. The summed E-state index contributed by atoms with van der Waals surface area (Å²) in [7, 11) is 1.59. The third kappa shape index (κ3) is 3.24. The number of methoxy groups -OCH3 is 1. The van der Waals surface area contributed by atoms with Gasteiger partial charge in [-0.15, -0.1) is 0 Å². The van der Waals surface area contributed by atoms with Crippen LogP contribution in [0, 0.1) is 5.82 Å². The molecule has 2 aromatic carbocycles. The molecule has 2 rings (SSSR count). The lowest BCUT2D eigenvalue weighted by Gasteiger charge is -2.10. The molecule has 0 saturated heterocycles. The molecule has 0 spiro atoms. The van der Waals surface area contributed by atoms with Gasteiger partial charge in [0.25, 0.3) is 0 Å². The zero-order valence-corrected chi connectivity index (χ0v) is 11.7. The van der Waals surface area contributed by atoms with E-state index in [0.717, 1.165) is 5.75 Å². The van der Waals surface area contributed by atoms with Crippen LogP contribution in [0.4, 0.5) is 4.39 Å². The summed E-state index contributed by atoms with van der Waals surface area (Å²) in [6.45, 7) is 0.106. The van der Waals surface area contributed by atoms with Gasteiger partial charge in [-0.1, -0.05) is 24.4 Å². The molecule has 0 aromatic heterocycles. The van der Waals surface area contributed by atoms with Crippen molar-refractivity contribution in [1.82, 2.24) is 0 Å². The Balaban J connectivity index is 2.10. The Hall–Kier alpha value is -2.14. The standard InChI is InChI=1S/C15H14FNO2S/c1-18-11-5-7-12(8-6-11)19-9-10-3-2-4-13(14(10)16)15(17)20/h2-8H,9H2,1H3,(H2,17,20). The Morgan fingerprint density at radius 3 is 2.40 bits per heavy atom. The normalized spacial score (nSPS) is 10.1. The van der Waals surface area contributed by atoms with Gasteiger partial charge in [-0.05, 0) is 30.3 Å². The van der Waals surface area contributed by atoms with Gasteiger partial charge in [-0.25, -0.2) is 4.39 Å². The summed E-state index contributed by atoms with van der Waals surface area (Å²) >= 11 is 4.80. The number of rotatable bonds is 5. The number of nitrogens with two attached hydrogens (primary N) is 1. The molecule has 0 bridgehead atoms. The minimum atomic E-state index is -0.437. The first-order valence-electron chi connectivity index (χ1n) is 5.96. The van der Waals surface area contributed by atoms with Crippen molar-refractivity contribution in [1.29, 1.82) is 0 Å². The summed E-state index contributed by atoms with van der Waals surface area (Å²) in [6, 6.07) is 12.0. The van der Waals surface area contributed by atoms with E-state index < -0.39 is 5.82 Å². The van der Waals surface area contributed by atoms with Crippen LogP contribution in [0.1, 0.15) is 11.1 Å². The maximum atomic E-state index is 14.1. The molecule has 20 heavy (non-hydrogen) atoms. The Bertz CT molecular complexity index is 614. The molecule has 0 aliphatic carbocycles. The lowest BCUT2D eigenvalue weighted by atomic mass is 10.1. The minimum Gasteiger partial charge on any atom is -0.497 e. The lowest BCUT2D eigenvalue weighted by molar-refractivity contribution is 0.299. The van der Waals surface area contributed by atoms with E-state index in [2.05, 4.69) is 0 Å². The number of benzene rings is 2. The molecule has 0 fully saturated rings. The molecule has 0 radical (unpaired) electrons. The summed E-state index contributed by atoms with van der Waals surface area (Å²) in [6.07, 6.45) is 0. The second kappa shape index (κ2) is 6.34. The van der Waals surface area contributed by atoms with Crippen molar-refractivity contribution in [2.24, 2.45) is 5.73 Å². The van der Waals surface area contributed by atoms with E-state index in [1.165, 1.54) is 0 Å². The van der Waals surface area contributed by atoms with Crippen LogP contribution in [0.15, 0.2) is 42.5 Å². The van der Waals surface area contributed by atoms with Crippen LogP contribution < -0.4 is 15.2 Å². The van der Waals surface area contributed by atoms with Crippen LogP contribution in [0.25, 0.3) is 0 Å². The molecule has 0 amide bonds. The van der Waals surface area contributed by atoms with Crippen molar-refractivity contribution in [2.45, 2.75) is 6.61 Å². The molecule has 0 saturated carbocycles. The molecule has 0 aliphatic rings. The molecular formula is C15H14FNO2S. The van der Waals surface area contributed by atoms with Crippen LogP contribution in [-0.4, -0.2) is 12.1 Å². The summed E-state index contributed by atoms with van der Waals surface area (Å²) in [5.41, 5.74) is 6.10. The van der Waals surface area contributed by atoms with E-state index in [9.17, 15) is 4.39 Å². The molecule has 2 N–H and O–H groups in total. The molecule has 5 heteroatoms. The molecule has 3 nitrogen and oxygen atoms in total. The lowest BCUT2D eigenvalue weighted by Crippen LogP contribution is -2.13. The van der Waals surface area contributed by atoms with Crippen molar-refractivity contribution < 1.29 is 13.9 Å². The van der Waals surface area contributed by atoms with E-state index in [-0.39, 0.29) is 17.2 Å². The Kier molecular flexibility index (Phi) is 4.53. The molecule has 0 aliphatic heterocycles. The number of hydrogen-bond acceptors (Lipinski definition) is 3. The summed E-state index contributed by atoms with van der Waals surface area (Å²) in [4.78, 5) is 0.0359. The zero-order valence-electron chi connectivity index (χ0n) is 10.9. The van der Waals surface area contributed by atoms with Crippen LogP contribution in [0.2, 0.25) is 0 Å². The van der Waals surface area contributed by atoms with E-state index in [0.29, 0.717) is 11.3 Å². The van der Waals surface area contributed by atoms with Crippen molar-refractivity contribution >= 4 is 17.2 Å². The highest BCUT2D eigenvalue weighted by atomic mass is 32.1. The van der Waals surface area contributed by atoms with E-state index in [1.807, 2.05) is 0 Å². The minimum absolute atomic E-state index is 0.0359. The predicted octanol–water partition coefficient (Wildman–Crippen LogP) is 3.05. The van der Waals surface area contributed by atoms with Crippen LogP contribution >= 0.6 is 12.2 Å². The zero-order chi connectivity index (χ0) is 14.5. The predicted molar refractivity (Wildman–Crippen MR) is 79.6 cm³/mol. The number of ether oxygens (including phenoxy) is 2. The quantitative estimate of drug-likeness (QED) is 0.860. The van der Waals surface area contributed by atoms with E-state index in [4.69, 9.17) is 27.4 Å². The molecule has 104 valence electrons. The van der Waals surface area contributed by atoms with Crippen LogP contribution in [0.5, 0.6) is 11.5 Å². The monoisotopic (exact) mass is 291 g/mol. The van der Waals surface area contributed by atoms with Gasteiger partial charge in [0.15, 0.2) is 0 Å². The van der Waals surface area contributed by atoms with Gasteiger partial charge in [-0.2, -0.15) is 0 Å². The van der Waals surface area contributed by atoms with Gasteiger partial charge >= 0.3 is 0 Å². The average Bonchev–Trinajstić information content (AvgIpc) is 2.46. The van der Waals surface area contributed by atoms with Gasteiger partial charge in [0, 0.05) is 11.1 Å². The van der Waals surface area contributed by atoms with E-state index in [1.54, 1.807) is 49.6 Å². The van der Waals surface area contributed by atoms with Gasteiger partial charge in [0.2, 0.25) is 0 Å². The second-order valence-corrected chi connectivity index (χ2v) is 4.55. The maximum absolute atomic E-state index is 14.1. The number of hydrogen-bond donors (Lipinski definition) is 1. The fourth-order valence-corrected chi connectivity index (χ4v) is 1.87. The average molecular weight is 291 g/mol. The SMILES string of the molecule is COc1ccc(OCc2cccc(C(N)=S)c2F)cc1. The van der Waals surface area contributed by atoms with Crippen molar-refractivity contribution in [3.8, 4) is 11.5 Å². The van der Waals surface area contributed by atoms with Gasteiger partial charge in [0.1, 0.15) is 28.9 Å². The number of halogens is 1. The van der Waals surface area contributed by atoms with Gasteiger partial charge < -0.3 is 15.2 Å². The van der Waals surface area contributed by atoms with E-state index >= 15 is 0 Å². The van der Waals surface area contributed by atoms with Crippen LogP contribution in [-0.2, 0) is 6.61 Å². The smallest absolute Gasteiger partial charge is 0.139 e. The Morgan fingerprint density at radius 1 is 1.15 bits per heavy atom. The molecule has 0 heterocycles. The summed E-state index contributed by atoms with van der Waals surface area (Å²) in [5.74, 6) is 0.929. The molecular weight excluding hydrogens is 277 g/mol. The van der Waals surface area contributed by atoms with Crippen molar-refractivity contribution in [3.05, 3.63) is 59.4 Å². The highest BCUT2D eigenvalue weighted by Crippen LogP contribution is 2.20.